The molecule has 1 aliphatic carbocycles. The summed E-state index contributed by atoms with van der Waals surface area (Å²) >= 11 is 0. The predicted molar refractivity (Wildman–Crippen MR) is 98.2 cm³/mol. The molecule has 1 fully saturated rings. The number of nitrogens with zero attached hydrogens (tertiary/aromatic N) is 1. The third kappa shape index (κ3) is 4.07. The van der Waals surface area contributed by atoms with Crippen LogP contribution in [0.2, 0.25) is 0 Å². The molecule has 0 radical (unpaired) electrons. The van der Waals surface area contributed by atoms with Gasteiger partial charge in [0.2, 0.25) is 0 Å². The first-order valence-corrected chi connectivity index (χ1v) is 10.3. The van der Waals surface area contributed by atoms with E-state index in [0.717, 1.165) is 35.9 Å². The second kappa shape index (κ2) is 6.96. The van der Waals surface area contributed by atoms with Crippen LogP contribution in [0.1, 0.15) is 42.5 Å². The predicted octanol–water partition coefficient (Wildman–Crippen LogP) is 3.10. The third-order valence-corrected chi connectivity index (χ3v) is 5.63. The maximum absolute atomic E-state index is 12.0. The summed E-state index contributed by atoms with van der Waals surface area (Å²) in [7, 11) is -3.33. The maximum Gasteiger partial charge on any atom is 0.251 e. The van der Waals surface area contributed by atoms with Gasteiger partial charge in [-0.3, -0.25) is 4.79 Å². The largest absolute Gasteiger partial charge is 0.322 e. The van der Waals surface area contributed by atoms with Crippen molar-refractivity contribution >= 4 is 15.4 Å². The number of sulfone groups is 1. The Morgan fingerprint density at radius 1 is 1.20 bits per heavy atom. The first-order valence-electron chi connectivity index (χ1n) is 8.43. The molecule has 0 spiro atoms. The van der Waals surface area contributed by atoms with Crippen molar-refractivity contribution in [3.8, 4) is 0 Å². The quantitative estimate of drug-likeness (QED) is 0.911. The van der Waals surface area contributed by atoms with Crippen LogP contribution in [0.25, 0.3) is 5.57 Å². The topological polar surface area (TPSA) is 79.9 Å². The Labute approximate surface area is 147 Å². The molecular formula is C19H22N2O3S. The van der Waals surface area contributed by atoms with Crippen LogP contribution in [-0.4, -0.2) is 24.6 Å². The highest BCUT2D eigenvalue weighted by Gasteiger charge is 2.17. The minimum atomic E-state index is -3.33. The molecular weight excluding hydrogens is 336 g/mol. The monoisotopic (exact) mass is 358 g/mol. The number of hydrogen-bond acceptors (Lipinski definition) is 4. The van der Waals surface area contributed by atoms with E-state index in [-0.39, 0.29) is 10.6 Å². The lowest BCUT2D eigenvalue weighted by Crippen LogP contribution is -2.11. The molecule has 2 aromatic rings. The van der Waals surface area contributed by atoms with E-state index in [2.05, 4.69) is 16.0 Å². The minimum absolute atomic E-state index is 0.0499. The standard InChI is InChI=1S/C19H22N2O3S/c1-13-7-9-17(21-19(13)22)16(11-14-5-3-4-6-14)15-8-10-18(20-12-15)25(2,23)24/h7-12,14H,3-6H2,1-2H3,(H,21,22). The zero-order valence-electron chi connectivity index (χ0n) is 14.5. The highest BCUT2D eigenvalue weighted by atomic mass is 32.2. The van der Waals surface area contributed by atoms with Crippen LogP contribution in [-0.2, 0) is 9.84 Å². The van der Waals surface area contributed by atoms with Gasteiger partial charge in [0.05, 0.1) is 0 Å². The summed E-state index contributed by atoms with van der Waals surface area (Å²) in [5.41, 5.74) is 2.98. The van der Waals surface area contributed by atoms with E-state index in [1.807, 2.05) is 6.07 Å². The normalized spacial score (nSPS) is 16.3. The molecule has 3 rings (SSSR count). The number of allylic oxidation sites excluding steroid dienone is 1. The first-order chi connectivity index (χ1) is 11.8. The molecule has 6 heteroatoms. The second-order valence-corrected chi connectivity index (χ2v) is 8.63. The summed E-state index contributed by atoms with van der Waals surface area (Å²) in [5.74, 6) is 0.467. The number of aromatic nitrogens is 2. The lowest BCUT2D eigenvalue weighted by Gasteiger charge is -2.12. The van der Waals surface area contributed by atoms with E-state index in [4.69, 9.17) is 0 Å². The molecule has 0 saturated heterocycles. The molecule has 1 N–H and O–H groups in total. The SMILES string of the molecule is Cc1ccc(C(=CC2CCCC2)c2ccc(S(C)(=O)=O)nc2)[nH]c1=O. The Morgan fingerprint density at radius 2 is 1.92 bits per heavy atom. The summed E-state index contributed by atoms with van der Waals surface area (Å²) < 4.78 is 23.2. The molecule has 25 heavy (non-hydrogen) atoms. The number of nitrogens with one attached hydrogen (secondary N) is 1. The molecule has 5 nitrogen and oxygen atoms in total. The fourth-order valence-corrected chi connectivity index (χ4v) is 3.72. The van der Waals surface area contributed by atoms with Crippen LogP contribution in [0.15, 0.2) is 46.4 Å². The Kier molecular flexibility index (Phi) is 4.90. The number of hydrogen-bond donors (Lipinski definition) is 1. The van der Waals surface area contributed by atoms with E-state index >= 15 is 0 Å². The molecule has 1 saturated carbocycles. The van der Waals surface area contributed by atoms with Gasteiger partial charge in [-0.2, -0.15) is 0 Å². The number of rotatable bonds is 4. The van der Waals surface area contributed by atoms with Crippen molar-refractivity contribution in [1.82, 2.24) is 9.97 Å². The Balaban J connectivity index is 2.07. The van der Waals surface area contributed by atoms with E-state index in [1.165, 1.54) is 18.9 Å². The number of H-pyrrole nitrogens is 1. The van der Waals surface area contributed by atoms with Crippen molar-refractivity contribution in [1.29, 1.82) is 0 Å². The number of aryl methyl sites for hydroxylation is 1. The van der Waals surface area contributed by atoms with Gasteiger partial charge in [-0.1, -0.05) is 25.0 Å². The van der Waals surface area contributed by atoms with Gasteiger partial charge >= 0.3 is 0 Å². The highest BCUT2D eigenvalue weighted by molar-refractivity contribution is 7.90. The molecule has 2 aromatic heterocycles. The smallest absolute Gasteiger partial charge is 0.251 e. The van der Waals surface area contributed by atoms with Crippen LogP contribution >= 0.6 is 0 Å². The van der Waals surface area contributed by atoms with Crippen molar-refractivity contribution in [3.05, 3.63) is 63.7 Å². The Bertz CT molecular complexity index is 951. The van der Waals surface area contributed by atoms with Gasteiger partial charge in [-0.15, -0.1) is 0 Å². The van der Waals surface area contributed by atoms with E-state index in [0.29, 0.717) is 11.5 Å². The summed E-state index contributed by atoms with van der Waals surface area (Å²) in [6, 6.07) is 6.96. The summed E-state index contributed by atoms with van der Waals surface area (Å²) in [4.78, 5) is 19.0. The molecule has 0 aliphatic heterocycles. The molecule has 0 unspecified atom stereocenters. The molecule has 0 amide bonds. The molecule has 0 aromatic carbocycles. The number of pyridine rings is 2. The third-order valence-electron chi connectivity index (χ3n) is 4.63. The van der Waals surface area contributed by atoms with Gasteiger partial charge in [-0.25, -0.2) is 13.4 Å². The van der Waals surface area contributed by atoms with Gasteiger partial charge in [0.15, 0.2) is 14.9 Å². The highest BCUT2D eigenvalue weighted by Crippen LogP contribution is 2.31. The molecule has 1 aliphatic rings. The van der Waals surface area contributed by atoms with Gasteiger partial charge in [0.25, 0.3) is 5.56 Å². The first kappa shape index (κ1) is 17.6. The number of aromatic amines is 1. The van der Waals surface area contributed by atoms with Crippen molar-refractivity contribution in [2.75, 3.05) is 6.26 Å². The lowest BCUT2D eigenvalue weighted by molar-refractivity contribution is 0.598. The van der Waals surface area contributed by atoms with Gasteiger partial charge in [0.1, 0.15) is 0 Å². The van der Waals surface area contributed by atoms with E-state index in [1.54, 1.807) is 25.3 Å². The minimum Gasteiger partial charge on any atom is -0.322 e. The van der Waals surface area contributed by atoms with Crippen LogP contribution in [0, 0.1) is 12.8 Å². The van der Waals surface area contributed by atoms with Crippen molar-refractivity contribution in [3.63, 3.8) is 0 Å². The summed E-state index contributed by atoms with van der Waals surface area (Å²) in [5, 5.41) is 0.0499. The zero-order valence-corrected chi connectivity index (χ0v) is 15.3. The molecule has 2 heterocycles. The fourth-order valence-electron chi connectivity index (χ4n) is 3.16. The maximum atomic E-state index is 12.0. The average Bonchev–Trinajstić information content (AvgIpc) is 3.08. The summed E-state index contributed by atoms with van der Waals surface area (Å²) in [6.45, 7) is 1.77. The molecule has 132 valence electrons. The fraction of sp³-hybridized carbons (Fsp3) is 0.368. The molecule has 0 bridgehead atoms. The van der Waals surface area contributed by atoms with E-state index < -0.39 is 9.84 Å². The van der Waals surface area contributed by atoms with Crippen molar-refractivity contribution in [2.45, 2.75) is 37.6 Å². The van der Waals surface area contributed by atoms with Crippen LogP contribution < -0.4 is 5.56 Å². The Hall–Kier alpha value is -2.21. The zero-order chi connectivity index (χ0) is 18.0. The van der Waals surface area contributed by atoms with E-state index in [9.17, 15) is 13.2 Å². The van der Waals surface area contributed by atoms with Gasteiger partial charge < -0.3 is 4.98 Å². The average molecular weight is 358 g/mol. The summed E-state index contributed by atoms with van der Waals surface area (Å²) in [6.07, 6.45) is 9.58. The Morgan fingerprint density at radius 3 is 2.48 bits per heavy atom. The van der Waals surface area contributed by atoms with Crippen molar-refractivity contribution < 1.29 is 8.42 Å². The molecule has 0 atom stereocenters. The van der Waals surface area contributed by atoms with Gasteiger partial charge in [-0.05, 0) is 43.9 Å². The van der Waals surface area contributed by atoms with Crippen LogP contribution in [0.5, 0.6) is 0 Å². The second-order valence-electron chi connectivity index (χ2n) is 6.67. The van der Waals surface area contributed by atoms with Crippen molar-refractivity contribution in [2.24, 2.45) is 5.92 Å². The lowest BCUT2D eigenvalue weighted by atomic mass is 9.97. The van der Waals surface area contributed by atoms with Crippen LogP contribution in [0.4, 0.5) is 0 Å². The van der Waals surface area contributed by atoms with Crippen LogP contribution in [0.3, 0.4) is 0 Å². The van der Waals surface area contributed by atoms with Gasteiger partial charge in [0, 0.05) is 34.8 Å².